The van der Waals surface area contributed by atoms with Crippen LogP contribution >= 0.6 is 0 Å². The quantitative estimate of drug-likeness (QED) is 0.873. The lowest BCUT2D eigenvalue weighted by molar-refractivity contribution is -0.0306. The van der Waals surface area contributed by atoms with E-state index >= 15 is 0 Å². The fraction of sp³-hybridized carbons (Fsp3) is 0.533. The number of nitrogens with zero attached hydrogens (tertiary/aromatic N) is 2. The molecule has 20 heavy (non-hydrogen) atoms. The number of amides is 1. The van der Waals surface area contributed by atoms with E-state index in [0.29, 0.717) is 31.8 Å². The lowest BCUT2D eigenvalue weighted by atomic mass is 10.1. The van der Waals surface area contributed by atoms with Gasteiger partial charge in [0.1, 0.15) is 0 Å². The van der Waals surface area contributed by atoms with Crippen LogP contribution in [0.15, 0.2) is 24.3 Å². The number of likely N-dealkylation sites (N-methyl/N-ethyl adjacent to an activating group) is 1. The molecule has 1 fully saturated rings. The van der Waals surface area contributed by atoms with Gasteiger partial charge in [0.15, 0.2) is 0 Å². The first kappa shape index (κ1) is 15.0. The van der Waals surface area contributed by atoms with Crippen molar-refractivity contribution in [3.05, 3.63) is 35.4 Å². The number of carbonyl (C=O) groups is 1. The Morgan fingerprint density at radius 1 is 1.40 bits per heavy atom. The van der Waals surface area contributed by atoms with Gasteiger partial charge in [0.2, 0.25) is 0 Å². The second-order valence-corrected chi connectivity index (χ2v) is 5.41. The second-order valence-electron chi connectivity index (χ2n) is 5.41. The molecule has 0 aromatic heterocycles. The number of hydrogen-bond donors (Lipinski definition) is 1. The summed E-state index contributed by atoms with van der Waals surface area (Å²) >= 11 is 0. The molecule has 1 saturated heterocycles. The van der Waals surface area contributed by atoms with E-state index in [4.69, 9.17) is 10.5 Å². The Morgan fingerprint density at radius 2 is 2.10 bits per heavy atom. The van der Waals surface area contributed by atoms with Crippen LogP contribution in [0.5, 0.6) is 0 Å². The normalized spacial score (nSPS) is 19.4. The molecule has 0 saturated carbocycles. The molecule has 1 aromatic rings. The van der Waals surface area contributed by atoms with Crippen molar-refractivity contribution in [2.75, 3.05) is 40.3 Å². The van der Waals surface area contributed by atoms with Gasteiger partial charge in [-0.05, 0) is 31.8 Å². The molecule has 1 atom stereocenters. The zero-order valence-corrected chi connectivity index (χ0v) is 12.2. The zero-order valence-electron chi connectivity index (χ0n) is 12.2. The minimum atomic E-state index is 0.0700. The SMILES string of the molecule is CN(C)CC1CN(C(=O)c2ccc(CN)cc2)CCO1. The number of benzene rings is 1. The summed E-state index contributed by atoms with van der Waals surface area (Å²) in [6.45, 7) is 3.23. The minimum Gasteiger partial charge on any atom is -0.373 e. The van der Waals surface area contributed by atoms with Crippen LogP contribution in [0, 0.1) is 0 Å². The Morgan fingerprint density at radius 3 is 2.70 bits per heavy atom. The fourth-order valence-electron chi connectivity index (χ4n) is 2.39. The van der Waals surface area contributed by atoms with Crippen molar-refractivity contribution < 1.29 is 9.53 Å². The Bertz CT molecular complexity index is 445. The summed E-state index contributed by atoms with van der Waals surface area (Å²) in [6, 6.07) is 7.51. The molecule has 1 aliphatic rings. The molecule has 110 valence electrons. The summed E-state index contributed by atoms with van der Waals surface area (Å²) < 4.78 is 5.69. The maximum atomic E-state index is 12.5. The third-order valence-electron chi connectivity index (χ3n) is 3.43. The lowest BCUT2D eigenvalue weighted by Crippen LogP contribution is -2.48. The third kappa shape index (κ3) is 3.79. The molecule has 1 aliphatic heterocycles. The summed E-state index contributed by atoms with van der Waals surface area (Å²) in [5.41, 5.74) is 7.32. The first-order chi connectivity index (χ1) is 9.60. The summed E-state index contributed by atoms with van der Waals surface area (Å²) in [6.07, 6.45) is 0.0889. The fourth-order valence-corrected chi connectivity index (χ4v) is 2.39. The molecular weight excluding hydrogens is 254 g/mol. The van der Waals surface area contributed by atoms with Crippen molar-refractivity contribution in [3.8, 4) is 0 Å². The first-order valence-corrected chi connectivity index (χ1v) is 6.94. The number of hydrogen-bond acceptors (Lipinski definition) is 4. The number of rotatable bonds is 4. The average molecular weight is 277 g/mol. The molecule has 1 heterocycles. The predicted octanol–water partition coefficient (Wildman–Crippen LogP) is 0.548. The number of morpholine rings is 1. The minimum absolute atomic E-state index is 0.0700. The highest BCUT2D eigenvalue weighted by molar-refractivity contribution is 5.94. The van der Waals surface area contributed by atoms with Gasteiger partial charge >= 0.3 is 0 Å². The van der Waals surface area contributed by atoms with Gasteiger partial charge in [-0.25, -0.2) is 0 Å². The van der Waals surface area contributed by atoms with Gasteiger partial charge in [0.25, 0.3) is 5.91 Å². The summed E-state index contributed by atoms with van der Waals surface area (Å²) in [7, 11) is 4.02. The Hall–Kier alpha value is -1.43. The summed E-state index contributed by atoms with van der Waals surface area (Å²) in [4.78, 5) is 16.4. The maximum Gasteiger partial charge on any atom is 0.254 e. The van der Waals surface area contributed by atoms with E-state index < -0.39 is 0 Å². The van der Waals surface area contributed by atoms with Crippen molar-refractivity contribution in [1.29, 1.82) is 0 Å². The summed E-state index contributed by atoms with van der Waals surface area (Å²) in [5, 5.41) is 0. The molecule has 1 unspecified atom stereocenters. The van der Waals surface area contributed by atoms with Crippen LogP contribution in [0.3, 0.4) is 0 Å². The molecule has 5 heteroatoms. The standard InChI is InChI=1S/C15H23N3O2/c1-17(2)10-14-11-18(7-8-20-14)15(19)13-5-3-12(9-16)4-6-13/h3-6,14H,7-11,16H2,1-2H3. The topological polar surface area (TPSA) is 58.8 Å². The van der Waals surface area contributed by atoms with Crippen LogP contribution in [0.4, 0.5) is 0 Å². The van der Waals surface area contributed by atoms with Crippen LogP contribution in [-0.2, 0) is 11.3 Å². The first-order valence-electron chi connectivity index (χ1n) is 6.94. The molecule has 0 spiro atoms. The van der Waals surface area contributed by atoms with Gasteiger partial charge in [0, 0.05) is 31.7 Å². The molecule has 0 aliphatic carbocycles. The molecule has 2 rings (SSSR count). The maximum absolute atomic E-state index is 12.5. The molecule has 0 bridgehead atoms. The number of nitrogens with two attached hydrogens (primary N) is 1. The lowest BCUT2D eigenvalue weighted by Gasteiger charge is -2.34. The third-order valence-corrected chi connectivity index (χ3v) is 3.43. The Balaban J connectivity index is 2.00. The van der Waals surface area contributed by atoms with Crippen molar-refractivity contribution in [2.24, 2.45) is 5.73 Å². The van der Waals surface area contributed by atoms with Crippen molar-refractivity contribution >= 4 is 5.91 Å². The van der Waals surface area contributed by atoms with E-state index in [0.717, 1.165) is 12.1 Å². The van der Waals surface area contributed by atoms with Crippen LogP contribution < -0.4 is 5.73 Å². The van der Waals surface area contributed by atoms with E-state index in [1.54, 1.807) is 0 Å². The van der Waals surface area contributed by atoms with E-state index in [-0.39, 0.29) is 12.0 Å². The molecule has 2 N–H and O–H groups in total. The van der Waals surface area contributed by atoms with Gasteiger partial charge < -0.3 is 20.3 Å². The van der Waals surface area contributed by atoms with E-state index in [9.17, 15) is 4.79 Å². The molecule has 1 aromatic carbocycles. The average Bonchev–Trinajstić information content (AvgIpc) is 2.46. The smallest absolute Gasteiger partial charge is 0.254 e. The highest BCUT2D eigenvalue weighted by Gasteiger charge is 2.25. The van der Waals surface area contributed by atoms with Gasteiger partial charge in [-0.2, -0.15) is 0 Å². The highest BCUT2D eigenvalue weighted by atomic mass is 16.5. The predicted molar refractivity (Wildman–Crippen MR) is 78.5 cm³/mol. The zero-order chi connectivity index (χ0) is 14.5. The second kappa shape index (κ2) is 6.83. The van der Waals surface area contributed by atoms with E-state index in [1.165, 1.54) is 0 Å². The van der Waals surface area contributed by atoms with Gasteiger partial charge in [-0.1, -0.05) is 12.1 Å². The van der Waals surface area contributed by atoms with Gasteiger partial charge in [0.05, 0.1) is 12.7 Å². The highest BCUT2D eigenvalue weighted by Crippen LogP contribution is 2.12. The van der Waals surface area contributed by atoms with Crippen LogP contribution in [0.2, 0.25) is 0 Å². The van der Waals surface area contributed by atoms with Crippen LogP contribution in [0.25, 0.3) is 0 Å². The van der Waals surface area contributed by atoms with Gasteiger partial charge in [-0.3, -0.25) is 4.79 Å². The van der Waals surface area contributed by atoms with Crippen LogP contribution in [0.1, 0.15) is 15.9 Å². The number of ether oxygens (including phenoxy) is 1. The van der Waals surface area contributed by atoms with Gasteiger partial charge in [-0.15, -0.1) is 0 Å². The summed E-state index contributed by atoms with van der Waals surface area (Å²) in [5.74, 6) is 0.0700. The molecule has 0 radical (unpaired) electrons. The monoisotopic (exact) mass is 277 g/mol. The van der Waals surface area contributed by atoms with Crippen molar-refractivity contribution in [1.82, 2.24) is 9.80 Å². The van der Waals surface area contributed by atoms with E-state index in [1.807, 2.05) is 43.3 Å². The Labute approximate surface area is 120 Å². The Kier molecular flexibility index (Phi) is 5.11. The molecule has 5 nitrogen and oxygen atoms in total. The molecular formula is C15H23N3O2. The van der Waals surface area contributed by atoms with Crippen molar-refractivity contribution in [3.63, 3.8) is 0 Å². The molecule has 1 amide bonds. The van der Waals surface area contributed by atoms with Crippen molar-refractivity contribution in [2.45, 2.75) is 12.6 Å². The largest absolute Gasteiger partial charge is 0.373 e. The van der Waals surface area contributed by atoms with Crippen LogP contribution in [-0.4, -0.2) is 62.1 Å². The number of carbonyl (C=O) groups excluding carboxylic acids is 1. The van der Waals surface area contributed by atoms with E-state index in [2.05, 4.69) is 4.90 Å².